The predicted molar refractivity (Wildman–Crippen MR) is 77.0 cm³/mol. The molecular weight excluding hydrogens is 256 g/mol. The zero-order valence-electron chi connectivity index (χ0n) is 12.1. The van der Waals surface area contributed by atoms with E-state index in [0.717, 1.165) is 31.6 Å². The van der Waals surface area contributed by atoms with Gasteiger partial charge < -0.3 is 15.2 Å². The molecule has 1 aliphatic heterocycles. The van der Waals surface area contributed by atoms with Gasteiger partial charge in [0, 0.05) is 32.8 Å². The summed E-state index contributed by atoms with van der Waals surface area (Å²) in [5, 5.41) is 12.7. The van der Waals surface area contributed by atoms with Crippen LogP contribution < -0.4 is 5.32 Å². The molecule has 20 heavy (non-hydrogen) atoms. The van der Waals surface area contributed by atoms with Crippen LogP contribution in [0.4, 0.5) is 0 Å². The van der Waals surface area contributed by atoms with Crippen molar-refractivity contribution in [2.45, 2.75) is 19.4 Å². The van der Waals surface area contributed by atoms with Gasteiger partial charge in [-0.1, -0.05) is 11.6 Å². The van der Waals surface area contributed by atoms with Gasteiger partial charge in [0.05, 0.1) is 12.2 Å². The van der Waals surface area contributed by atoms with Gasteiger partial charge >= 0.3 is 0 Å². The molecule has 0 radical (unpaired) electrons. The molecular formula is C15H22N2O3. The van der Waals surface area contributed by atoms with E-state index in [9.17, 15) is 9.90 Å². The van der Waals surface area contributed by atoms with Crippen molar-refractivity contribution >= 4 is 5.91 Å². The van der Waals surface area contributed by atoms with Crippen LogP contribution in [0.2, 0.25) is 0 Å². The number of amides is 1. The molecule has 1 heterocycles. The molecule has 0 bridgehead atoms. The lowest BCUT2D eigenvalue weighted by Crippen LogP contribution is -2.37. The number of phenolic OH excluding ortho intramolecular Hbond substituents is 1. The minimum absolute atomic E-state index is 0.0299. The summed E-state index contributed by atoms with van der Waals surface area (Å²) >= 11 is 0. The van der Waals surface area contributed by atoms with Crippen LogP contribution in [0.15, 0.2) is 18.2 Å². The summed E-state index contributed by atoms with van der Waals surface area (Å²) < 4.78 is 5.06. The molecule has 1 fully saturated rings. The maximum Gasteiger partial charge on any atom is 0.255 e. The quantitative estimate of drug-likeness (QED) is 0.848. The molecule has 5 heteroatoms. The second kappa shape index (κ2) is 6.72. The molecule has 1 saturated heterocycles. The van der Waals surface area contributed by atoms with E-state index in [1.54, 1.807) is 25.3 Å². The van der Waals surface area contributed by atoms with Gasteiger partial charge in [-0.3, -0.25) is 9.69 Å². The van der Waals surface area contributed by atoms with Crippen LogP contribution in [0, 0.1) is 6.92 Å². The molecule has 0 aromatic heterocycles. The number of carbonyl (C=O) groups excluding carboxylic acids is 1. The van der Waals surface area contributed by atoms with E-state index in [2.05, 4.69) is 10.2 Å². The van der Waals surface area contributed by atoms with Crippen LogP contribution in [0.25, 0.3) is 0 Å². The highest BCUT2D eigenvalue weighted by Crippen LogP contribution is 2.19. The van der Waals surface area contributed by atoms with E-state index >= 15 is 0 Å². The molecule has 5 nitrogen and oxygen atoms in total. The molecule has 0 unspecified atom stereocenters. The fourth-order valence-electron chi connectivity index (χ4n) is 2.47. The number of ether oxygens (including phenoxy) is 1. The fraction of sp³-hybridized carbons (Fsp3) is 0.533. The Kier molecular flexibility index (Phi) is 4.98. The molecule has 1 aromatic carbocycles. The smallest absolute Gasteiger partial charge is 0.255 e. The lowest BCUT2D eigenvalue weighted by atomic mass is 10.1. The van der Waals surface area contributed by atoms with Gasteiger partial charge in [-0.15, -0.1) is 0 Å². The van der Waals surface area contributed by atoms with Crippen LogP contribution in [0.5, 0.6) is 5.75 Å². The summed E-state index contributed by atoms with van der Waals surface area (Å²) in [5.41, 5.74) is 1.31. The molecule has 1 atom stereocenters. The van der Waals surface area contributed by atoms with E-state index in [1.807, 2.05) is 6.92 Å². The van der Waals surface area contributed by atoms with Gasteiger partial charge in [-0.2, -0.15) is 0 Å². The molecule has 2 rings (SSSR count). The molecule has 2 N–H and O–H groups in total. The van der Waals surface area contributed by atoms with Crippen LogP contribution >= 0.6 is 0 Å². The average molecular weight is 278 g/mol. The number of nitrogens with one attached hydrogen (secondary N) is 1. The minimum atomic E-state index is -0.204. The number of benzene rings is 1. The first-order valence-corrected chi connectivity index (χ1v) is 6.92. The molecule has 1 aliphatic rings. The lowest BCUT2D eigenvalue weighted by molar-refractivity contribution is 0.0933. The highest BCUT2D eigenvalue weighted by Gasteiger charge is 2.24. The number of hydrogen-bond acceptors (Lipinski definition) is 4. The number of hydrogen-bond donors (Lipinski definition) is 2. The van der Waals surface area contributed by atoms with Crippen LogP contribution in [-0.2, 0) is 4.74 Å². The molecule has 1 amide bonds. The molecule has 1 aromatic rings. The van der Waals surface area contributed by atoms with Crippen LogP contribution in [0.1, 0.15) is 22.3 Å². The van der Waals surface area contributed by atoms with Crippen molar-refractivity contribution < 1.29 is 14.6 Å². The second-order valence-electron chi connectivity index (χ2n) is 5.27. The molecule has 0 spiro atoms. The SMILES string of the molecule is COCCN1CC[C@H](NC(=O)c2cc(C)ccc2O)C1. The number of rotatable bonds is 5. The standard InChI is InChI=1S/C15H22N2O3/c1-11-3-4-14(18)13(9-11)15(19)16-12-5-6-17(10-12)7-8-20-2/h3-4,9,12,18H,5-8,10H2,1-2H3,(H,16,19)/t12-/m0/s1. The number of methoxy groups -OCH3 is 1. The number of aromatic hydroxyl groups is 1. The summed E-state index contributed by atoms with van der Waals surface area (Å²) in [6, 6.07) is 5.19. The topological polar surface area (TPSA) is 61.8 Å². The molecule has 110 valence electrons. The number of phenols is 1. The number of nitrogens with zero attached hydrogens (tertiary/aromatic N) is 1. The monoisotopic (exact) mass is 278 g/mol. The Bertz CT molecular complexity index is 476. The van der Waals surface area contributed by atoms with E-state index in [1.165, 1.54) is 0 Å². The lowest BCUT2D eigenvalue weighted by Gasteiger charge is -2.16. The predicted octanol–water partition coefficient (Wildman–Crippen LogP) is 1.15. The maximum absolute atomic E-state index is 12.2. The average Bonchev–Trinajstić information content (AvgIpc) is 2.86. The van der Waals surface area contributed by atoms with Crippen molar-refractivity contribution in [1.29, 1.82) is 0 Å². The van der Waals surface area contributed by atoms with E-state index < -0.39 is 0 Å². The highest BCUT2D eigenvalue weighted by atomic mass is 16.5. The zero-order valence-corrected chi connectivity index (χ0v) is 12.1. The summed E-state index contributed by atoms with van der Waals surface area (Å²) in [6.45, 7) is 5.30. The Labute approximate surface area is 119 Å². The highest BCUT2D eigenvalue weighted by molar-refractivity contribution is 5.97. The van der Waals surface area contributed by atoms with Gasteiger partial charge in [0.1, 0.15) is 5.75 Å². The number of aryl methyl sites for hydroxylation is 1. The van der Waals surface area contributed by atoms with Crippen molar-refractivity contribution in [2.24, 2.45) is 0 Å². The van der Waals surface area contributed by atoms with Crippen molar-refractivity contribution in [3.8, 4) is 5.75 Å². The first-order valence-electron chi connectivity index (χ1n) is 6.92. The summed E-state index contributed by atoms with van der Waals surface area (Å²) in [5.74, 6) is -0.174. The Morgan fingerprint density at radius 3 is 3.10 bits per heavy atom. The largest absolute Gasteiger partial charge is 0.507 e. The van der Waals surface area contributed by atoms with Crippen molar-refractivity contribution in [3.63, 3.8) is 0 Å². The minimum Gasteiger partial charge on any atom is -0.507 e. The first-order chi connectivity index (χ1) is 9.60. The Balaban J connectivity index is 1.91. The third kappa shape index (κ3) is 3.71. The summed E-state index contributed by atoms with van der Waals surface area (Å²) in [7, 11) is 1.69. The van der Waals surface area contributed by atoms with Gasteiger partial charge in [0.25, 0.3) is 5.91 Å². The van der Waals surface area contributed by atoms with Crippen molar-refractivity contribution in [2.75, 3.05) is 33.4 Å². The number of carbonyl (C=O) groups is 1. The first kappa shape index (κ1) is 14.8. The van der Waals surface area contributed by atoms with Crippen LogP contribution in [0.3, 0.4) is 0 Å². The zero-order chi connectivity index (χ0) is 14.5. The van der Waals surface area contributed by atoms with Gasteiger partial charge in [0.2, 0.25) is 0 Å². The third-order valence-electron chi connectivity index (χ3n) is 3.62. The molecule has 0 saturated carbocycles. The number of likely N-dealkylation sites (tertiary alicyclic amines) is 1. The van der Waals surface area contributed by atoms with Crippen molar-refractivity contribution in [3.05, 3.63) is 29.3 Å². The Morgan fingerprint density at radius 2 is 2.35 bits per heavy atom. The Hall–Kier alpha value is -1.59. The van der Waals surface area contributed by atoms with Gasteiger partial charge in [0.15, 0.2) is 0 Å². The third-order valence-corrected chi connectivity index (χ3v) is 3.62. The Morgan fingerprint density at radius 1 is 1.55 bits per heavy atom. The van der Waals surface area contributed by atoms with Crippen LogP contribution in [-0.4, -0.2) is 55.3 Å². The normalized spacial score (nSPS) is 19.2. The fourth-order valence-corrected chi connectivity index (χ4v) is 2.47. The van der Waals surface area contributed by atoms with Crippen molar-refractivity contribution in [1.82, 2.24) is 10.2 Å². The van der Waals surface area contributed by atoms with Gasteiger partial charge in [-0.05, 0) is 25.5 Å². The van der Waals surface area contributed by atoms with E-state index in [0.29, 0.717) is 12.2 Å². The maximum atomic E-state index is 12.2. The van der Waals surface area contributed by atoms with E-state index in [4.69, 9.17) is 4.74 Å². The summed E-state index contributed by atoms with van der Waals surface area (Å²) in [4.78, 5) is 14.4. The van der Waals surface area contributed by atoms with E-state index in [-0.39, 0.29) is 17.7 Å². The molecule has 0 aliphatic carbocycles. The second-order valence-corrected chi connectivity index (χ2v) is 5.27. The van der Waals surface area contributed by atoms with Gasteiger partial charge in [-0.25, -0.2) is 0 Å². The summed E-state index contributed by atoms with van der Waals surface area (Å²) in [6.07, 6.45) is 0.933.